The Morgan fingerprint density at radius 1 is 1.47 bits per heavy atom. The van der Waals surface area contributed by atoms with Gasteiger partial charge in [0.25, 0.3) is 0 Å². The molecule has 4 heteroatoms. The standard InChI is InChI=1S/C15H23N3O/c1-11(2)14(9-16)15(19)18(13-6-7-13)10-12-5-3-4-8-17-12/h3-5,8,11,13-14H,6-7,9-10,16H2,1-2H3. The summed E-state index contributed by atoms with van der Waals surface area (Å²) in [5.74, 6) is 0.387. The second kappa shape index (κ2) is 6.15. The molecule has 1 aliphatic carbocycles. The number of carbonyl (C=O) groups excluding carboxylic acids is 1. The highest BCUT2D eigenvalue weighted by molar-refractivity contribution is 5.80. The molecular weight excluding hydrogens is 238 g/mol. The molecule has 2 rings (SSSR count). The quantitative estimate of drug-likeness (QED) is 0.849. The van der Waals surface area contributed by atoms with Gasteiger partial charge < -0.3 is 10.6 Å². The van der Waals surface area contributed by atoms with Crippen LogP contribution >= 0.6 is 0 Å². The fourth-order valence-corrected chi connectivity index (χ4v) is 2.31. The zero-order valence-electron chi connectivity index (χ0n) is 11.7. The fourth-order valence-electron chi connectivity index (χ4n) is 2.31. The van der Waals surface area contributed by atoms with E-state index < -0.39 is 0 Å². The summed E-state index contributed by atoms with van der Waals surface area (Å²) in [5, 5.41) is 0. The van der Waals surface area contributed by atoms with Crippen LogP contribution in [0.1, 0.15) is 32.4 Å². The molecule has 0 bridgehead atoms. The summed E-state index contributed by atoms with van der Waals surface area (Å²) in [5.41, 5.74) is 6.71. The van der Waals surface area contributed by atoms with E-state index in [1.165, 1.54) is 0 Å². The van der Waals surface area contributed by atoms with Gasteiger partial charge in [0.1, 0.15) is 0 Å². The van der Waals surface area contributed by atoms with E-state index in [0.717, 1.165) is 18.5 Å². The molecule has 1 atom stereocenters. The van der Waals surface area contributed by atoms with Gasteiger partial charge in [0.15, 0.2) is 0 Å². The van der Waals surface area contributed by atoms with Crippen LogP contribution in [0.15, 0.2) is 24.4 Å². The van der Waals surface area contributed by atoms with E-state index in [0.29, 0.717) is 19.1 Å². The lowest BCUT2D eigenvalue weighted by Gasteiger charge is -2.28. The van der Waals surface area contributed by atoms with Gasteiger partial charge in [-0.25, -0.2) is 0 Å². The summed E-state index contributed by atoms with van der Waals surface area (Å²) in [4.78, 5) is 18.9. The van der Waals surface area contributed by atoms with E-state index in [1.807, 2.05) is 23.1 Å². The molecule has 4 nitrogen and oxygen atoms in total. The maximum Gasteiger partial charge on any atom is 0.227 e. The molecule has 1 unspecified atom stereocenters. The molecule has 2 N–H and O–H groups in total. The van der Waals surface area contributed by atoms with E-state index in [-0.39, 0.29) is 17.7 Å². The number of aromatic nitrogens is 1. The Morgan fingerprint density at radius 2 is 2.21 bits per heavy atom. The summed E-state index contributed by atoms with van der Waals surface area (Å²) >= 11 is 0. The molecule has 0 spiro atoms. The molecule has 1 aromatic heterocycles. The number of rotatable bonds is 6. The summed E-state index contributed by atoms with van der Waals surface area (Å²) < 4.78 is 0. The van der Waals surface area contributed by atoms with Crippen molar-refractivity contribution in [3.05, 3.63) is 30.1 Å². The minimum atomic E-state index is -0.0793. The third-order valence-electron chi connectivity index (χ3n) is 3.71. The van der Waals surface area contributed by atoms with Crippen molar-refractivity contribution >= 4 is 5.91 Å². The van der Waals surface area contributed by atoms with Crippen LogP contribution in [0.2, 0.25) is 0 Å². The molecule has 0 aromatic carbocycles. The van der Waals surface area contributed by atoms with Crippen LogP contribution in [0, 0.1) is 11.8 Å². The van der Waals surface area contributed by atoms with Gasteiger partial charge >= 0.3 is 0 Å². The molecule has 1 amide bonds. The summed E-state index contributed by atoms with van der Waals surface area (Å²) in [6.07, 6.45) is 3.98. The second-order valence-corrected chi connectivity index (χ2v) is 5.60. The lowest BCUT2D eigenvalue weighted by molar-refractivity contribution is -0.137. The normalized spacial score (nSPS) is 16.4. The molecule has 1 aliphatic rings. The van der Waals surface area contributed by atoms with Gasteiger partial charge in [0, 0.05) is 18.8 Å². The largest absolute Gasteiger partial charge is 0.334 e. The average Bonchev–Trinajstić information content (AvgIpc) is 3.21. The van der Waals surface area contributed by atoms with Crippen LogP contribution in [-0.4, -0.2) is 28.4 Å². The Kier molecular flexibility index (Phi) is 4.53. The third-order valence-corrected chi connectivity index (χ3v) is 3.71. The molecule has 0 aliphatic heterocycles. The van der Waals surface area contributed by atoms with Gasteiger partial charge in [-0.05, 0) is 30.9 Å². The molecular formula is C15H23N3O. The van der Waals surface area contributed by atoms with Gasteiger partial charge in [-0.3, -0.25) is 9.78 Å². The minimum absolute atomic E-state index is 0.0793. The first-order chi connectivity index (χ1) is 9.13. The third kappa shape index (κ3) is 3.53. The highest BCUT2D eigenvalue weighted by Gasteiger charge is 2.36. The number of nitrogens with zero attached hydrogens (tertiary/aromatic N) is 2. The highest BCUT2D eigenvalue weighted by Crippen LogP contribution is 2.30. The Labute approximate surface area is 115 Å². The van der Waals surface area contributed by atoms with E-state index in [4.69, 9.17) is 5.73 Å². The van der Waals surface area contributed by atoms with Gasteiger partial charge in [0.05, 0.1) is 18.2 Å². The number of pyridine rings is 1. The predicted octanol–water partition coefficient (Wildman–Crippen LogP) is 1.80. The Hall–Kier alpha value is -1.42. The maximum absolute atomic E-state index is 12.6. The van der Waals surface area contributed by atoms with Crippen molar-refractivity contribution in [2.75, 3.05) is 6.54 Å². The molecule has 1 saturated carbocycles. The van der Waals surface area contributed by atoms with Gasteiger partial charge in [-0.2, -0.15) is 0 Å². The first-order valence-electron chi connectivity index (χ1n) is 7.04. The second-order valence-electron chi connectivity index (χ2n) is 5.60. The van der Waals surface area contributed by atoms with Crippen molar-refractivity contribution in [2.24, 2.45) is 17.6 Å². The smallest absolute Gasteiger partial charge is 0.227 e. The predicted molar refractivity (Wildman–Crippen MR) is 75.2 cm³/mol. The van der Waals surface area contributed by atoms with Crippen molar-refractivity contribution < 1.29 is 4.79 Å². The van der Waals surface area contributed by atoms with Crippen molar-refractivity contribution in [1.29, 1.82) is 0 Å². The van der Waals surface area contributed by atoms with Crippen LogP contribution in [0.25, 0.3) is 0 Å². The topological polar surface area (TPSA) is 59.2 Å². The number of hydrogen-bond donors (Lipinski definition) is 1. The molecule has 19 heavy (non-hydrogen) atoms. The van der Waals surface area contributed by atoms with Gasteiger partial charge in [0.2, 0.25) is 5.91 Å². The van der Waals surface area contributed by atoms with Crippen molar-refractivity contribution in [2.45, 2.75) is 39.3 Å². The van der Waals surface area contributed by atoms with Gasteiger partial charge in [-0.15, -0.1) is 0 Å². The number of nitrogens with two attached hydrogens (primary N) is 1. The number of amides is 1. The van der Waals surface area contributed by atoms with E-state index >= 15 is 0 Å². The van der Waals surface area contributed by atoms with Crippen LogP contribution in [0.5, 0.6) is 0 Å². The summed E-state index contributed by atoms with van der Waals surface area (Å²) in [7, 11) is 0. The first kappa shape index (κ1) is 14.0. The number of hydrogen-bond acceptors (Lipinski definition) is 3. The van der Waals surface area contributed by atoms with E-state index in [1.54, 1.807) is 6.20 Å². The Morgan fingerprint density at radius 3 is 2.68 bits per heavy atom. The maximum atomic E-state index is 12.6. The monoisotopic (exact) mass is 261 g/mol. The lowest BCUT2D eigenvalue weighted by Crippen LogP contribution is -2.42. The molecule has 1 heterocycles. The van der Waals surface area contributed by atoms with Crippen LogP contribution in [-0.2, 0) is 11.3 Å². The van der Waals surface area contributed by atoms with E-state index in [9.17, 15) is 4.79 Å². The lowest BCUT2D eigenvalue weighted by atomic mass is 9.94. The van der Waals surface area contributed by atoms with Gasteiger partial charge in [-0.1, -0.05) is 19.9 Å². The van der Waals surface area contributed by atoms with Crippen molar-refractivity contribution in [3.63, 3.8) is 0 Å². The molecule has 1 aromatic rings. The zero-order chi connectivity index (χ0) is 13.8. The van der Waals surface area contributed by atoms with Crippen molar-refractivity contribution in [3.8, 4) is 0 Å². The highest BCUT2D eigenvalue weighted by atomic mass is 16.2. The van der Waals surface area contributed by atoms with Crippen LogP contribution < -0.4 is 5.73 Å². The van der Waals surface area contributed by atoms with Crippen LogP contribution in [0.4, 0.5) is 0 Å². The molecule has 1 fully saturated rings. The summed E-state index contributed by atoms with van der Waals surface area (Å²) in [6, 6.07) is 6.21. The minimum Gasteiger partial charge on any atom is -0.334 e. The average molecular weight is 261 g/mol. The SMILES string of the molecule is CC(C)C(CN)C(=O)N(Cc1ccccn1)C1CC1. The fraction of sp³-hybridized carbons (Fsp3) is 0.600. The molecule has 0 saturated heterocycles. The van der Waals surface area contributed by atoms with Crippen molar-refractivity contribution in [1.82, 2.24) is 9.88 Å². The zero-order valence-corrected chi connectivity index (χ0v) is 11.7. The number of carbonyl (C=O) groups is 1. The first-order valence-corrected chi connectivity index (χ1v) is 7.04. The van der Waals surface area contributed by atoms with E-state index in [2.05, 4.69) is 18.8 Å². The van der Waals surface area contributed by atoms with Crippen LogP contribution in [0.3, 0.4) is 0 Å². The molecule has 104 valence electrons. The Bertz CT molecular complexity index is 415. The molecule has 0 radical (unpaired) electrons. The Balaban J connectivity index is 2.09. The summed E-state index contributed by atoms with van der Waals surface area (Å²) in [6.45, 7) is 5.14.